The van der Waals surface area contributed by atoms with Crippen LogP contribution in [-0.4, -0.2) is 11.1 Å². The van der Waals surface area contributed by atoms with E-state index >= 15 is 0 Å². The number of nitrogens with zero attached hydrogens (tertiary/aromatic N) is 1. The summed E-state index contributed by atoms with van der Waals surface area (Å²) in [6, 6.07) is 2.50. The minimum atomic E-state index is -0.416. The van der Waals surface area contributed by atoms with Gasteiger partial charge in [0.15, 0.2) is 5.96 Å². The zero-order valence-electron chi connectivity index (χ0n) is 8.42. The molecule has 0 aliphatic rings. The predicted molar refractivity (Wildman–Crippen MR) is 68.2 cm³/mol. The lowest BCUT2D eigenvalue weighted by Crippen LogP contribution is -2.25. The smallest absolute Gasteiger partial charge is 0.200 e. The summed E-state index contributed by atoms with van der Waals surface area (Å²) in [6.45, 7) is 1.69. The molecule has 0 radical (unpaired) electrons. The highest BCUT2D eigenvalue weighted by Gasteiger charge is 2.08. The van der Waals surface area contributed by atoms with Crippen LogP contribution >= 0.6 is 23.8 Å². The Bertz CT molecular complexity index is 434. The second-order valence-corrected chi connectivity index (χ2v) is 3.84. The monoisotopic (exact) mass is 260 g/mol. The van der Waals surface area contributed by atoms with Gasteiger partial charge in [0.25, 0.3) is 0 Å². The number of hydrogen-bond acceptors (Lipinski definition) is 1. The van der Waals surface area contributed by atoms with E-state index in [1.807, 2.05) is 0 Å². The maximum atomic E-state index is 12.9. The highest BCUT2D eigenvalue weighted by molar-refractivity contribution is 7.80. The van der Waals surface area contributed by atoms with E-state index in [1.54, 1.807) is 6.92 Å². The van der Waals surface area contributed by atoms with E-state index in [2.05, 4.69) is 10.3 Å². The highest BCUT2D eigenvalue weighted by Crippen LogP contribution is 2.27. The molecule has 0 unspecified atom stereocenters. The van der Waals surface area contributed by atoms with Crippen molar-refractivity contribution in [2.45, 2.75) is 6.92 Å². The van der Waals surface area contributed by atoms with Crippen LogP contribution in [0.5, 0.6) is 0 Å². The van der Waals surface area contributed by atoms with E-state index in [1.165, 1.54) is 12.1 Å². The van der Waals surface area contributed by atoms with Gasteiger partial charge in [0.1, 0.15) is 5.82 Å². The van der Waals surface area contributed by atoms with Crippen molar-refractivity contribution >= 4 is 40.6 Å². The number of halogens is 2. The Morgan fingerprint density at radius 3 is 2.62 bits per heavy atom. The Balaban J connectivity index is 2.98. The van der Waals surface area contributed by atoms with Crippen LogP contribution in [0.4, 0.5) is 10.1 Å². The van der Waals surface area contributed by atoms with Crippen molar-refractivity contribution in [3.05, 3.63) is 28.5 Å². The van der Waals surface area contributed by atoms with Crippen molar-refractivity contribution in [2.24, 2.45) is 16.5 Å². The van der Waals surface area contributed by atoms with E-state index < -0.39 is 5.82 Å². The van der Waals surface area contributed by atoms with Gasteiger partial charge in [-0.3, -0.25) is 0 Å². The molecule has 1 aromatic rings. The van der Waals surface area contributed by atoms with Crippen molar-refractivity contribution in [2.75, 3.05) is 5.32 Å². The second kappa shape index (κ2) is 5.09. The summed E-state index contributed by atoms with van der Waals surface area (Å²) in [7, 11) is 0. The Morgan fingerprint density at radius 2 is 2.12 bits per heavy atom. The van der Waals surface area contributed by atoms with Gasteiger partial charge in [-0.15, -0.1) is 0 Å². The fraction of sp³-hybridized carbons (Fsp3) is 0.111. The molecule has 0 aliphatic carbocycles. The third-order valence-electron chi connectivity index (χ3n) is 1.71. The first-order chi connectivity index (χ1) is 7.40. The van der Waals surface area contributed by atoms with Gasteiger partial charge in [0.05, 0.1) is 10.7 Å². The largest absolute Gasteiger partial charge is 0.370 e. The van der Waals surface area contributed by atoms with E-state index in [4.69, 9.17) is 35.3 Å². The minimum Gasteiger partial charge on any atom is -0.370 e. The molecule has 7 heteroatoms. The van der Waals surface area contributed by atoms with Crippen molar-refractivity contribution in [3.63, 3.8) is 0 Å². The Labute approximate surface area is 102 Å². The number of hydrogen-bond donors (Lipinski definition) is 3. The molecule has 0 saturated carbocycles. The molecule has 0 aromatic heterocycles. The normalized spacial score (nSPS) is 9.69. The summed E-state index contributed by atoms with van der Waals surface area (Å²) >= 11 is 10.7. The number of aryl methyl sites for hydroxylation is 1. The summed E-state index contributed by atoms with van der Waals surface area (Å²) in [5.74, 6) is -0.575. The fourth-order valence-corrected chi connectivity index (χ4v) is 1.62. The number of nitrogens with one attached hydrogen (secondary N) is 1. The van der Waals surface area contributed by atoms with Crippen molar-refractivity contribution in [1.29, 1.82) is 0 Å². The van der Waals surface area contributed by atoms with E-state index in [0.717, 1.165) is 0 Å². The summed E-state index contributed by atoms with van der Waals surface area (Å²) < 4.78 is 12.9. The lowest BCUT2D eigenvalue weighted by Gasteiger charge is -2.10. The Morgan fingerprint density at radius 1 is 1.50 bits per heavy atom. The topological polar surface area (TPSA) is 76.4 Å². The van der Waals surface area contributed by atoms with Crippen LogP contribution in [0.2, 0.25) is 5.02 Å². The van der Waals surface area contributed by atoms with Gasteiger partial charge in [0, 0.05) is 0 Å². The number of aliphatic imine (C=N–C) groups is 1. The maximum Gasteiger partial charge on any atom is 0.200 e. The maximum absolute atomic E-state index is 12.9. The second-order valence-electron chi connectivity index (χ2n) is 3.05. The van der Waals surface area contributed by atoms with Crippen molar-refractivity contribution in [3.8, 4) is 0 Å². The number of benzene rings is 1. The van der Waals surface area contributed by atoms with E-state index in [-0.39, 0.29) is 16.1 Å². The van der Waals surface area contributed by atoms with Gasteiger partial charge in [-0.25, -0.2) is 4.39 Å². The number of rotatable bonds is 1. The number of thiocarbonyl (C=S) groups is 1. The first kappa shape index (κ1) is 12.7. The van der Waals surface area contributed by atoms with Crippen molar-refractivity contribution in [1.82, 2.24) is 0 Å². The molecule has 16 heavy (non-hydrogen) atoms. The molecule has 5 N–H and O–H groups in total. The molecule has 0 spiro atoms. The SMILES string of the molecule is Cc1cc(F)cc(Cl)c1NC(=S)N=C(N)N. The quantitative estimate of drug-likeness (QED) is 0.409. The van der Waals surface area contributed by atoms with Crippen molar-refractivity contribution < 1.29 is 4.39 Å². The third-order valence-corrected chi connectivity index (χ3v) is 2.21. The zero-order valence-corrected chi connectivity index (χ0v) is 9.99. The molecule has 0 amide bonds. The lowest BCUT2D eigenvalue weighted by molar-refractivity contribution is 0.627. The summed E-state index contributed by atoms with van der Waals surface area (Å²) in [5.41, 5.74) is 11.4. The third kappa shape index (κ3) is 3.32. The molecule has 1 aromatic carbocycles. The first-order valence-corrected chi connectivity index (χ1v) is 5.05. The predicted octanol–water partition coefficient (Wildman–Crippen LogP) is 1.76. The minimum absolute atomic E-state index is 0.0663. The van der Waals surface area contributed by atoms with Crippen LogP contribution in [-0.2, 0) is 0 Å². The van der Waals surface area contributed by atoms with Crippen LogP contribution in [0.25, 0.3) is 0 Å². The van der Waals surface area contributed by atoms with Gasteiger partial charge in [0.2, 0.25) is 5.11 Å². The summed E-state index contributed by atoms with van der Waals surface area (Å²) in [4.78, 5) is 3.62. The molecule has 1 rings (SSSR count). The number of guanidine groups is 1. The van der Waals surface area contributed by atoms with Crippen LogP contribution in [0.3, 0.4) is 0 Å². The molecule has 0 heterocycles. The summed E-state index contributed by atoms with van der Waals surface area (Å²) in [6.07, 6.45) is 0. The summed E-state index contributed by atoms with van der Waals surface area (Å²) in [5, 5.41) is 3.00. The van der Waals surface area contributed by atoms with Crippen LogP contribution in [0, 0.1) is 12.7 Å². The highest BCUT2D eigenvalue weighted by atomic mass is 35.5. The van der Waals surface area contributed by atoms with Gasteiger partial charge < -0.3 is 16.8 Å². The van der Waals surface area contributed by atoms with E-state index in [9.17, 15) is 4.39 Å². The van der Waals surface area contributed by atoms with E-state index in [0.29, 0.717) is 11.3 Å². The fourth-order valence-electron chi connectivity index (χ4n) is 1.11. The average molecular weight is 261 g/mol. The first-order valence-electron chi connectivity index (χ1n) is 4.26. The Kier molecular flexibility index (Phi) is 4.03. The molecular weight excluding hydrogens is 251 g/mol. The molecule has 0 saturated heterocycles. The molecule has 86 valence electrons. The van der Waals surface area contributed by atoms with Crippen LogP contribution in [0.15, 0.2) is 17.1 Å². The van der Waals surface area contributed by atoms with Crippen LogP contribution < -0.4 is 16.8 Å². The molecule has 0 aliphatic heterocycles. The van der Waals surface area contributed by atoms with Gasteiger partial charge >= 0.3 is 0 Å². The Hall–Kier alpha value is -1.40. The molecule has 0 fully saturated rings. The number of anilines is 1. The van der Waals surface area contributed by atoms with Crippen LogP contribution in [0.1, 0.15) is 5.56 Å². The van der Waals surface area contributed by atoms with Gasteiger partial charge in [-0.1, -0.05) is 11.6 Å². The standard InChI is InChI=1S/C9H10ClFN4S/c1-4-2-5(11)3-6(10)7(4)14-9(16)15-8(12)13/h2-3H,1H3,(H5,12,13,14,15,16). The number of nitrogens with two attached hydrogens (primary N) is 2. The molecule has 4 nitrogen and oxygen atoms in total. The average Bonchev–Trinajstić information content (AvgIpc) is 2.09. The van der Waals surface area contributed by atoms with Gasteiger partial charge in [-0.05, 0) is 36.8 Å². The zero-order chi connectivity index (χ0) is 12.3. The molecule has 0 bridgehead atoms. The molecule has 0 atom stereocenters. The molecular formula is C9H10ClFN4S. The lowest BCUT2D eigenvalue weighted by atomic mass is 10.2. The van der Waals surface area contributed by atoms with Gasteiger partial charge in [-0.2, -0.15) is 4.99 Å².